The van der Waals surface area contributed by atoms with Gasteiger partial charge in [-0.15, -0.1) is 0 Å². The minimum Gasteiger partial charge on any atom is -0.496 e. The summed E-state index contributed by atoms with van der Waals surface area (Å²) in [7, 11) is 1.59. The molecule has 0 bridgehead atoms. The van der Waals surface area contributed by atoms with E-state index in [9.17, 15) is 5.11 Å². The summed E-state index contributed by atoms with van der Waals surface area (Å²) in [6.07, 6.45) is 1.12. The lowest BCUT2D eigenvalue weighted by molar-refractivity contribution is 0.155. The zero-order chi connectivity index (χ0) is 12.1. The second kappa shape index (κ2) is 6.12. The molecule has 0 fully saturated rings. The molecule has 0 heterocycles. The highest BCUT2D eigenvalue weighted by Crippen LogP contribution is 2.34. The Morgan fingerprint density at radius 1 is 1.31 bits per heavy atom. The van der Waals surface area contributed by atoms with Crippen molar-refractivity contribution in [1.82, 2.24) is 0 Å². The Bertz CT molecular complexity index is 337. The summed E-state index contributed by atoms with van der Waals surface area (Å²) in [4.78, 5) is 0. The van der Waals surface area contributed by atoms with Gasteiger partial charge in [0.25, 0.3) is 0 Å². The normalized spacial score (nSPS) is 12.9. The van der Waals surface area contributed by atoms with Crippen LogP contribution in [0.5, 0.6) is 5.75 Å². The van der Waals surface area contributed by atoms with Gasteiger partial charge in [0.1, 0.15) is 5.75 Å². The first-order valence-corrected chi connectivity index (χ1v) is 5.94. The molecule has 0 aliphatic heterocycles. The van der Waals surface area contributed by atoms with Gasteiger partial charge in [-0.1, -0.05) is 31.5 Å². The van der Waals surface area contributed by atoms with Gasteiger partial charge in [0.05, 0.1) is 18.2 Å². The molecule has 0 radical (unpaired) electrons. The number of rotatable bonds is 5. The zero-order valence-electron chi connectivity index (χ0n) is 10.0. The molecule has 0 saturated heterocycles. The zero-order valence-corrected chi connectivity index (χ0v) is 10.8. The minimum atomic E-state index is -0.550. The number of aliphatic hydroxyl groups excluding tert-OH is 1. The Labute approximate surface area is 102 Å². The number of benzene rings is 1. The van der Waals surface area contributed by atoms with Gasteiger partial charge in [0.15, 0.2) is 0 Å². The summed E-state index contributed by atoms with van der Waals surface area (Å²) in [5, 5.41) is 10.7. The van der Waals surface area contributed by atoms with E-state index in [1.54, 1.807) is 13.2 Å². The number of ether oxygens (including phenoxy) is 1. The summed E-state index contributed by atoms with van der Waals surface area (Å²) in [6.45, 7) is 4.27. The van der Waals surface area contributed by atoms with Crippen molar-refractivity contribution >= 4 is 11.6 Å². The number of hydrogen-bond acceptors (Lipinski definition) is 2. The predicted molar refractivity (Wildman–Crippen MR) is 67.0 cm³/mol. The van der Waals surface area contributed by atoms with Gasteiger partial charge >= 0.3 is 0 Å². The number of methoxy groups -OCH3 is 1. The van der Waals surface area contributed by atoms with Gasteiger partial charge in [-0.3, -0.25) is 0 Å². The molecule has 1 aromatic carbocycles. The first-order valence-electron chi connectivity index (χ1n) is 5.56. The highest BCUT2D eigenvalue weighted by atomic mass is 35.5. The molecule has 0 aromatic heterocycles. The third kappa shape index (κ3) is 3.39. The molecular weight excluding hydrogens is 224 g/mol. The van der Waals surface area contributed by atoms with Crippen LogP contribution in [0.1, 0.15) is 38.4 Å². The van der Waals surface area contributed by atoms with Crippen molar-refractivity contribution in [2.24, 2.45) is 5.92 Å². The standard InChI is InChI=1S/C13H19ClO2/c1-9(2)7-8-11(15)13-10(14)5-4-6-12(13)16-3/h4-6,9,11,15H,7-8H2,1-3H3. The van der Waals surface area contributed by atoms with E-state index in [2.05, 4.69) is 13.8 Å². The van der Waals surface area contributed by atoms with Crippen molar-refractivity contribution in [3.05, 3.63) is 28.8 Å². The van der Waals surface area contributed by atoms with Gasteiger partial charge in [0.2, 0.25) is 0 Å². The van der Waals surface area contributed by atoms with Gasteiger partial charge in [-0.05, 0) is 30.9 Å². The minimum absolute atomic E-state index is 0.550. The van der Waals surface area contributed by atoms with Crippen molar-refractivity contribution in [3.8, 4) is 5.75 Å². The van der Waals surface area contributed by atoms with E-state index in [0.717, 1.165) is 6.42 Å². The molecule has 1 atom stereocenters. The van der Waals surface area contributed by atoms with Crippen molar-refractivity contribution in [2.75, 3.05) is 7.11 Å². The molecule has 0 saturated carbocycles. The lowest BCUT2D eigenvalue weighted by Gasteiger charge is -2.17. The van der Waals surface area contributed by atoms with Crippen LogP contribution in [0.15, 0.2) is 18.2 Å². The number of halogens is 1. The predicted octanol–water partition coefficient (Wildman–Crippen LogP) is 3.82. The van der Waals surface area contributed by atoms with Crippen LogP contribution in [0.4, 0.5) is 0 Å². The van der Waals surface area contributed by atoms with E-state index >= 15 is 0 Å². The van der Waals surface area contributed by atoms with E-state index in [1.807, 2.05) is 12.1 Å². The largest absolute Gasteiger partial charge is 0.496 e. The molecule has 1 N–H and O–H groups in total. The second-order valence-electron chi connectivity index (χ2n) is 4.34. The Balaban J connectivity index is 2.84. The summed E-state index contributed by atoms with van der Waals surface area (Å²) < 4.78 is 5.21. The number of aliphatic hydroxyl groups is 1. The molecule has 3 heteroatoms. The molecule has 0 aliphatic rings. The Hall–Kier alpha value is -0.730. The highest BCUT2D eigenvalue weighted by Gasteiger charge is 2.16. The molecular formula is C13H19ClO2. The maximum Gasteiger partial charge on any atom is 0.126 e. The van der Waals surface area contributed by atoms with E-state index in [-0.39, 0.29) is 0 Å². The monoisotopic (exact) mass is 242 g/mol. The van der Waals surface area contributed by atoms with Gasteiger partial charge in [-0.25, -0.2) is 0 Å². The lowest BCUT2D eigenvalue weighted by atomic mass is 9.99. The van der Waals surface area contributed by atoms with Gasteiger partial charge in [0, 0.05) is 5.56 Å². The van der Waals surface area contributed by atoms with Crippen LogP contribution in [-0.4, -0.2) is 12.2 Å². The summed E-state index contributed by atoms with van der Waals surface area (Å²) in [5.41, 5.74) is 0.701. The van der Waals surface area contributed by atoms with Crippen LogP contribution in [-0.2, 0) is 0 Å². The quantitative estimate of drug-likeness (QED) is 0.851. The molecule has 2 nitrogen and oxygen atoms in total. The van der Waals surface area contributed by atoms with Gasteiger partial charge in [-0.2, -0.15) is 0 Å². The van der Waals surface area contributed by atoms with E-state index in [0.29, 0.717) is 28.7 Å². The molecule has 90 valence electrons. The molecule has 1 rings (SSSR count). The summed E-state index contributed by atoms with van der Waals surface area (Å²) >= 11 is 6.08. The second-order valence-corrected chi connectivity index (χ2v) is 4.75. The summed E-state index contributed by atoms with van der Waals surface area (Å²) in [5.74, 6) is 1.23. The Morgan fingerprint density at radius 3 is 2.56 bits per heavy atom. The highest BCUT2D eigenvalue weighted by molar-refractivity contribution is 6.31. The maximum atomic E-state index is 10.1. The molecule has 1 aromatic rings. The molecule has 16 heavy (non-hydrogen) atoms. The Morgan fingerprint density at radius 2 is 2.00 bits per heavy atom. The third-order valence-corrected chi connectivity index (χ3v) is 2.91. The molecule has 1 unspecified atom stereocenters. The average molecular weight is 243 g/mol. The SMILES string of the molecule is COc1cccc(Cl)c1C(O)CCC(C)C. The average Bonchev–Trinajstić information content (AvgIpc) is 2.25. The molecule has 0 spiro atoms. The topological polar surface area (TPSA) is 29.5 Å². The van der Waals surface area contributed by atoms with Crippen LogP contribution in [0, 0.1) is 5.92 Å². The van der Waals surface area contributed by atoms with E-state index in [1.165, 1.54) is 0 Å². The van der Waals surface area contributed by atoms with Crippen LogP contribution in [0.25, 0.3) is 0 Å². The van der Waals surface area contributed by atoms with Crippen molar-refractivity contribution in [1.29, 1.82) is 0 Å². The third-order valence-electron chi connectivity index (χ3n) is 2.58. The van der Waals surface area contributed by atoms with Crippen LogP contribution in [0.2, 0.25) is 5.02 Å². The first-order chi connectivity index (χ1) is 7.56. The fourth-order valence-electron chi connectivity index (χ4n) is 1.65. The number of hydrogen-bond donors (Lipinski definition) is 1. The summed E-state index contributed by atoms with van der Waals surface area (Å²) in [6, 6.07) is 5.41. The van der Waals surface area contributed by atoms with E-state index < -0.39 is 6.10 Å². The maximum absolute atomic E-state index is 10.1. The van der Waals surface area contributed by atoms with Crippen LogP contribution >= 0.6 is 11.6 Å². The Kier molecular flexibility index (Phi) is 5.10. The molecule has 0 amide bonds. The van der Waals surface area contributed by atoms with Crippen molar-refractivity contribution in [2.45, 2.75) is 32.8 Å². The van der Waals surface area contributed by atoms with E-state index in [4.69, 9.17) is 16.3 Å². The fraction of sp³-hybridized carbons (Fsp3) is 0.538. The lowest BCUT2D eigenvalue weighted by Crippen LogP contribution is -2.03. The van der Waals surface area contributed by atoms with Crippen molar-refractivity contribution in [3.63, 3.8) is 0 Å². The fourth-order valence-corrected chi connectivity index (χ4v) is 1.95. The smallest absolute Gasteiger partial charge is 0.126 e. The van der Waals surface area contributed by atoms with Gasteiger partial charge < -0.3 is 9.84 Å². The first kappa shape index (κ1) is 13.3. The van der Waals surface area contributed by atoms with Crippen LogP contribution in [0.3, 0.4) is 0 Å². The molecule has 0 aliphatic carbocycles. The van der Waals surface area contributed by atoms with Crippen molar-refractivity contribution < 1.29 is 9.84 Å². The van der Waals surface area contributed by atoms with Crippen LogP contribution < -0.4 is 4.74 Å².